The first-order chi connectivity index (χ1) is 9.10. The molecule has 1 atom stereocenters. The molecule has 0 aromatic carbocycles. The fourth-order valence-electron chi connectivity index (χ4n) is 2.88. The van der Waals surface area contributed by atoms with Gasteiger partial charge in [0.1, 0.15) is 0 Å². The summed E-state index contributed by atoms with van der Waals surface area (Å²) in [5.74, 6) is 0.467. The van der Waals surface area contributed by atoms with Crippen LogP contribution in [0.15, 0.2) is 0 Å². The van der Waals surface area contributed by atoms with Crippen molar-refractivity contribution in [2.75, 3.05) is 39.4 Å². The highest BCUT2D eigenvalue weighted by molar-refractivity contribution is 5.86. The molecule has 1 unspecified atom stereocenters. The largest absolute Gasteiger partial charge is 0.381 e. The maximum Gasteiger partial charge on any atom is 0.240 e. The zero-order valence-corrected chi connectivity index (χ0v) is 12.0. The van der Waals surface area contributed by atoms with Gasteiger partial charge < -0.3 is 20.7 Å². The Labute approximate surface area is 115 Å². The Morgan fingerprint density at radius 2 is 2.00 bits per heavy atom. The first-order valence-corrected chi connectivity index (χ1v) is 7.47. The Balaban J connectivity index is 1.69. The minimum Gasteiger partial charge on any atom is -0.381 e. The third kappa shape index (κ3) is 4.16. The van der Waals surface area contributed by atoms with E-state index in [0.29, 0.717) is 32.0 Å². The molecule has 2 saturated heterocycles. The average molecular weight is 269 g/mol. The summed E-state index contributed by atoms with van der Waals surface area (Å²) >= 11 is 0. The number of rotatable bonds is 5. The van der Waals surface area contributed by atoms with E-state index in [1.807, 2.05) is 0 Å². The summed E-state index contributed by atoms with van der Waals surface area (Å²) in [6.07, 6.45) is 3.87. The van der Waals surface area contributed by atoms with E-state index >= 15 is 0 Å². The van der Waals surface area contributed by atoms with Gasteiger partial charge in [-0.1, -0.05) is 6.92 Å². The van der Waals surface area contributed by atoms with Gasteiger partial charge in [0.05, 0.1) is 5.54 Å². The van der Waals surface area contributed by atoms with Crippen LogP contribution in [-0.2, 0) is 9.53 Å². The highest BCUT2D eigenvalue weighted by Gasteiger charge is 2.35. The molecule has 0 aromatic rings. The van der Waals surface area contributed by atoms with Crippen molar-refractivity contribution in [1.82, 2.24) is 10.2 Å². The minimum atomic E-state index is -0.717. The van der Waals surface area contributed by atoms with Crippen molar-refractivity contribution in [3.05, 3.63) is 0 Å². The molecule has 0 aliphatic carbocycles. The van der Waals surface area contributed by atoms with Gasteiger partial charge in [-0.3, -0.25) is 4.79 Å². The van der Waals surface area contributed by atoms with Crippen LogP contribution in [0.4, 0.5) is 0 Å². The molecule has 0 saturated carbocycles. The number of hydrogen-bond acceptors (Lipinski definition) is 4. The third-order valence-electron chi connectivity index (χ3n) is 4.22. The highest BCUT2D eigenvalue weighted by atomic mass is 16.5. The van der Waals surface area contributed by atoms with Crippen molar-refractivity contribution in [3.8, 4) is 0 Å². The molecule has 2 aliphatic rings. The van der Waals surface area contributed by atoms with Gasteiger partial charge in [0.2, 0.25) is 5.91 Å². The van der Waals surface area contributed by atoms with E-state index in [0.717, 1.165) is 13.1 Å². The normalized spacial score (nSPS) is 25.2. The SMILES string of the molecule is CC(CNC(=O)C1(N)CCOCC1)CN1CCCC1. The maximum absolute atomic E-state index is 12.2. The van der Waals surface area contributed by atoms with E-state index in [-0.39, 0.29) is 5.91 Å². The van der Waals surface area contributed by atoms with Crippen LogP contribution < -0.4 is 11.1 Å². The van der Waals surface area contributed by atoms with E-state index in [2.05, 4.69) is 17.1 Å². The third-order valence-corrected chi connectivity index (χ3v) is 4.22. The number of nitrogens with two attached hydrogens (primary N) is 1. The Bertz CT molecular complexity index is 297. The van der Waals surface area contributed by atoms with Crippen LogP contribution in [0.2, 0.25) is 0 Å². The zero-order valence-electron chi connectivity index (χ0n) is 12.0. The molecule has 0 radical (unpaired) electrons. The Hall–Kier alpha value is -0.650. The molecule has 2 aliphatic heterocycles. The molecule has 5 heteroatoms. The first kappa shape index (κ1) is 14.8. The van der Waals surface area contributed by atoms with E-state index < -0.39 is 5.54 Å². The maximum atomic E-state index is 12.2. The molecule has 2 fully saturated rings. The van der Waals surface area contributed by atoms with Gasteiger partial charge in [0.15, 0.2) is 0 Å². The van der Waals surface area contributed by atoms with Gasteiger partial charge in [-0.25, -0.2) is 0 Å². The second kappa shape index (κ2) is 6.68. The Kier molecular flexibility index (Phi) is 5.19. The van der Waals surface area contributed by atoms with Crippen LogP contribution in [0.25, 0.3) is 0 Å². The lowest BCUT2D eigenvalue weighted by atomic mass is 9.90. The van der Waals surface area contributed by atoms with Crippen LogP contribution in [0.3, 0.4) is 0 Å². The summed E-state index contributed by atoms with van der Waals surface area (Å²) in [6.45, 7) is 7.56. The Morgan fingerprint density at radius 3 is 2.63 bits per heavy atom. The summed E-state index contributed by atoms with van der Waals surface area (Å²) in [4.78, 5) is 14.6. The van der Waals surface area contributed by atoms with Crippen LogP contribution in [-0.4, -0.2) is 55.7 Å². The molecule has 1 amide bonds. The number of nitrogens with zero attached hydrogens (tertiary/aromatic N) is 1. The average Bonchev–Trinajstić information content (AvgIpc) is 2.89. The number of hydrogen-bond donors (Lipinski definition) is 2. The fourth-order valence-corrected chi connectivity index (χ4v) is 2.88. The predicted molar refractivity (Wildman–Crippen MR) is 74.8 cm³/mol. The molecular formula is C14H27N3O2. The van der Waals surface area contributed by atoms with Gasteiger partial charge in [-0.2, -0.15) is 0 Å². The molecule has 19 heavy (non-hydrogen) atoms. The quantitative estimate of drug-likeness (QED) is 0.755. The predicted octanol–water partition coefficient (Wildman–Crippen LogP) is 0.342. The van der Waals surface area contributed by atoms with E-state index in [9.17, 15) is 4.79 Å². The molecule has 3 N–H and O–H groups in total. The summed E-state index contributed by atoms with van der Waals surface area (Å²) in [6, 6.07) is 0. The van der Waals surface area contributed by atoms with Crippen LogP contribution in [0.1, 0.15) is 32.6 Å². The number of carbonyl (C=O) groups is 1. The number of amides is 1. The lowest BCUT2D eigenvalue weighted by Gasteiger charge is -2.32. The van der Waals surface area contributed by atoms with Crippen molar-refractivity contribution in [2.24, 2.45) is 11.7 Å². The molecule has 5 nitrogen and oxygen atoms in total. The standard InChI is InChI=1S/C14H27N3O2/c1-12(11-17-6-2-3-7-17)10-16-13(18)14(15)4-8-19-9-5-14/h12H,2-11,15H2,1H3,(H,16,18). The van der Waals surface area contributed by atoms with Gasteiger partial charge in [-0.05, 0) is 44.7 Å². The van der Waals surface area contributed by atoms with Crippen LogP contribution >= 0.6 is 0 Å². The first-order valence-electron chi connectivity index (χ1n) is 7.47. The fraction of sp³-hybridized carbons (Fsp3) is 0.929. The smallest absolute Gasteiger partial charge is 0.240 e. The molecule has 0 bridgehead atoms. The molecule has 0 aromatic heterocycles. The van der Waals surface area contributed by atoms with Crippen molar-refractivity contribution >= 4 is 5.91 Å². The second-order valence-electron chi connectivity index (χ2n) is 6.09. The Morgan fingerprint density at radius 1 is 1.37 bits per heavy atom. The molecule has 0 spiro atoms. The summed E-state index contributed by atoms with van der Waals surface area (Å²) in [7, 11) is 0. The molecule has 2 heterocycles. The van der Waals surface area contributed by atoms with Crippen LogP contribution in [0.5, 0.6) is 0 Å². The van der Waals surface area contributed by atoms with Gasteiger partial charge in [-0.15, -0.1) is 0 Å². The van der Waals surface area contributed by atoms with E-state index in [1.165, 1.54) is 25.9 Å². The van der Waals surface area contributed by atoms with Crippen LogP contribution in [0, 0.1) is 5.92 Å². The van der Waals surface area contributed by atoms with Gasteiger partial charge in [0.25, 0.3) is 0 Å². The molecular weight excluding hydrogens is 242 g/mol. The molecule has 110 valence electrons. The summed E-state index contributed by atoms with van der Waals surface area (Å²) in [5.41, 5.74) is 5.43. The van der Waals surface area contributed by atoms with Crippen molar-refractivity contribution in [2.45, 2.75) is 38.1 Å². The number of ether oxygens (including phenoxy) is 1. The van der Waals surface area contributed by atoms with Gasteiger partial charge in [0, 0.05) is 26.3 Å². The zero-order chi connectivity index (χ0) is 13.7. The lowest BCUT2D eigenvalue weighted by Crippen LogP contribution is -2.57. The van der Waals surface area contributed by atoms with Crippen molar-refractivity contribution in [3.63, 3.8) is 0 Å². The summed E-state index contributed by atoms with van der Waals surface area (Å²) < 4.78 is 5.26. The van der Waals surface area contributed by atoms with Gasteiger partial charge >= 0.3 is 0 Å². The van der Waals surface area contributed by atoms with Crippen molar-refractivity contribution in [1.29, 1.82) is 0 Å². The highest BCUT2D eigenvalue weighted by Crippen LogP contribution is 2.18. The monoisotopic (exact) mass is 269 g/mol. The number of likely N-dealkylation sites (tertiary alicyclic amines) is 1. The number of carbonyl (C=O) groups excluding carboxylic acids is 1. The molecule has 2 rings (SSSR count). The van der Waals surface area contributed by atoms with Crippen molar-refractivity contribution < 1.29 is 9.53 Å². The lowest BCUT2D eigenvalue weighted by molar-refractivity contribution is -0.129. The van der Waals surface area contributed by atoms with E-state index in [4.69, 9.17) is 10.5 Å². The summed E-state index contributed by atoms with van der Waals surface area (Å²) in [5, 5.41) is 3.02. The van der Waals surface area contributed by atoms with E-state index in [1.54, 1.807) is 0 Å². The second-order valence-corrected chi connectivity index (χ2v) is 6.09. The number of nitrogens with one attached hydrogen (secondary N) is 1. The minimum absolute atomic E-state index is 0.0101. The topological polar surface area (TPSA) is 67.6 Å².